The van der Waals surface area contributed by atoms with Gasteiger partial charge < -0.3 is 5.11 Å². The molecule has 0 atom stereocenters. The van der Waals surface area contributed by atoms with Crippen molar-refractivity contribution in [2.45, 2.75) is 50.6 Å². The molecule has 0 unspecified atom stereocenters. The van der Waals surface area contributed by atoms with Gasteiger partial charge in [-0.2, -0.15) is 0 Å². The van der Waals surface area contributed by atoms with Gasteiger partial charge in [-0.05, 0) is 32.0 Å². The molecular weight excluding hydrogens is 276 g/mol. The molecule has 1 N–H and O–H groups in total. The van der Waals surface area contributed by atoms with Crippen LogP contribution in [0, 0.1) is 11.6 Å². The highest BCUT2D eigenvalue weighted by molar-refractivity contribution is 5.68. The van der Waals surface area contributed by atoms with Gasteiger partial charge in [0.2, 0.25) is 0 Å². The number of aliphatic carboxylic acids is 1. The zero-order chi connectivity index (χ0) is 15.5. The number of carboxylic acids is 1. The van der Waals surface area contributed by atoms with Crippen molar-refractivity contribution in [3.05, 3.63) is 35.4 Å². The van der Waals surface area contributed by atoms with E-state index in [-0.39, 0.29) is 18.5 Å². The number of nitrogens with zero attached hydrogens (tertiary/aromatic N) is 1. The fraction of sp³-hybridized carbons (Fsp3) is 0.562. The molecule has 1 aromatic rings. The van der Waals surface area contributed by atoms with Crippen LogP contribution in [0.25, 0.3) is 0 Å². The molecule has 1 aliphatic rings. The van der Waals surface area contributed by atoms with Gasteiger partial charge in [0.05, 0.1) is 6.42 Å². The molecule has 1 saturated carbocycles. The van der Waals surface area contributed by atoms with E-state index in [0.717, 1.165) is 32.1 Å². The van der Waals surface area contributed by atoms with Crippen molar-refractivity contribution in [2.24, 2.45) is 0 Å². The molecule has 0 amide bonds. The molecule has 0 radical (unpaired) electrons. The first-order valence-corrected chi connectivity index (χ1v) is 7.30. The Hall–Kier alpha value is -1.49. The van der Waals surface area contributed by atoms with E-state index in [9.17, 15) is 18.7 Å². The summed E-state index contributed by atoms with van der Waals surface area (Å²) in [6.45, 7) is 0.0891. The quantitative estimate of drug-likeness (QED) is 0.903. The molecule has 21 heavy (non-hydrogen) atoms. The summed E-state index contributed by atoms with van der Waals surface area (Å²) in [5, 5.41) is 9.18. The smallest absolute Gasteiger partial charge is 0.305 e. The average molecular weight is 297 g/mol. The molecule has 3 nitrogen and oxygen atoms in total. The largest absolute Gasteiger partial charge is 0.481 e. The van der Waals surface area contributed by atoms with E-state index >= 15 is 0 Å². The van der Waals surface area contributed by atoms with Gasteiger partial charge in [0.1, 0.15) is 11.6 Å². The predicted octanol–water partition coefficient (Wildman–Crippen LogP) is 3.57. The predicted molar refractivity (Wildman–Crippen MR) is 75.9 cm³/mol. The molecule has 0 saturated heterocycles. The van der Waals surface area contributed by atoms with E-state index in [1.54, 1.807) is 7.05 Å². The lowest BCUT2D eigenvalue weighted by Gasteiger charge is -2.44. The minimum absolute atomic E-state index is 0.00957. The summed E-state index contributed by atoms with van der Waals surface area (Å²) in [6, 6.07) is 3.80. The van der Waals surface area contributed by atoms with Crippen LogP contribution >= 0.6 is 0 Å². The number of hydrogen-bond acceptors (Lipinski definition) is 2. The normalized spacial score (nSPS) is 17.9. The van der Waals surface area contributed by atoms with Crippen LogP contribution in [-0.2, 0) is 11.3 Å². The molecule has 0 heterocycles. The third-order valence-electron chi connectivity index (χ3n) is 4.53. The van der Waals surface area contributed by atoms with Crippen molar-refractivity contribution >= 4 is 5.97 Å². The highest BCUT2D eigenvalue weighted by Gasteiger charge is 2.38. The number of benzene rings is 1. The third-order valence-corrected chi connectivity index (χ3v) is 4.53. The zero-order valence-electron chi connectivity index (χ0n) is 12.2. The fourth-order valence-corrected chi connectivity index (χ4v) is 3.27. The van der Waals surface area contributed by atoms with Gasteiger partial charge in [-0.15, -0.1) is 0 Å². The highest BCUT2D eigenvalue weighted by atomic mass is 19.1. The lowest BCUT2D eigenvalue weighted by Crippen LogP contribution is -2.49. The minimum atomic E-state index is -0.863. The molecule has 2 rings (SSSR count). The van der Waals surface area contributed by atoms with Gasteiger partial charge in [0, 0.05) is 17.6 Å². The first kappa shape index (κ1) is 15.9. The maximum atomic E-state index is 13.8. The summed E-state index contributed by atoms with van der Waals surface area (Å²) in [7, 11) is 1.76. The van der Waals surface area contributed by atoms with Crippen LogP contribution in [0.3, 0.4) is 0 Å². The second kappa shape index (κ2) is 6.52. The van der Waals surface area contributed by atoms with Crippen LogP contribution in [0.5, 0.6) is 0 Å². The van der Waals surface area contributed by atoms with Crippen molar-refractivity contribution < 1.29 is 18.7 Å². The van der Waals surface area contributed by atoms with Crippen molar-refractivity contribution in [3.8, 4) is 0 Å². The molecule has 1 fully saturated rings. The molecule has 0 aromatic heterocycles. The minimum Gasteiger partial charge on any atom is -0.481 e. The summed E-state index contributed by atoms with van der Waals surface area (Å²) in [4.78, 5) is 13.0. The molecule has 0 aliphatic heterocycles. The Labute approximate surface area is 123 Å². The topological polar surface area (TPSA) is 40.5 Å². The number of rotatable bonds is 5. The van der Waals surface area contributed by atoms with Crippen molar-refractivity contribution in [1.82, 2.24) is 4.90 Å². The Morgan fingerprint density at radius 3 is 2.33 bits per heavy atom. The Bertz CT molecular complexity index is 493. The maximum absolute atomic E-state index is 13.8. The van der Waals surface area contributed by atoms with Gasteiger partial charge >= 0.3 is 5.97 Å². The van der Waals surface area contributed by atoms with Gasteiger partial charge in [-0.3, -0.25) is 9.69 Å². The second-order valence-electron chi connectivity index (χ2n) is 5.91. The monoisotopic (exact) mass is 297 g/mol. The standard InChI is InChI=1S/C16H21F2NO2/c1-19(11-12-13(17)6-5-7-14(12)18)16(10-15(20)21)8-3-2-4-9-16/h5-7H,2-4,8-11H2,1H3,(H,20,21). The van der Waals surface area contributed by atoms with Crippen LogP contribution in [0.4, 0.5) is 8.78 Å². The van der Waals surface area contributed by atoms with Gasteiger partial charge in [-0.25, -0.2) is 8.78 Å². The highest BCUT2D eigenvalue weighted by Crippen LogP contribution is 2.37. The number of carbonyl (C=O) groups is 1. The van der Waals surface area contributed by atoms with Crippen LogP contribution < -0.4 is 0 Å². The Kier molecular flexibility index (Phi) is 4.93. The van der Waals surface area contributed by atoms with E-state index in [0.29, 0.717) is 0 Å². The summed E-state index contributed by atoms with van der Waals surface area (Å²) in [5.74, 6) is -2.02. The summed E-state index contributed by atoms with van der Waals surface area (Å²) in [5.41, 5.74) is -0.492. The van der Waals surface area contributed by atoms with E-state index in [1.807, 2.05) is 4.90 Å². The SMILES string of the molecule is CN(Cc1c(F)cccc1F)C1(CC(=O)O)CCCCC1. The van der Waals surface area contributed by atoms with Crippen molar-refractivity contribution in [1.29, 1.82) is 0 Å². The van der Waals surface area contributed by atoms with Gasteiger partial charge in [0.15, 0.2) is 0 Å². The Balaban J connectivity index is 2.22. The van der Waals surface area contributed by atoms with Crippen LogP contribution in [-0.4, -0.2) is 28.6 Å². The molecule has 0 spiro atoms. The van der Waals surface area contributed by atoms with Crippen molar-refractivity contribution in [3.63, 3.8) is 0 Å². The molecule has 116 valence electrons. The number of hydrogen-bond donors (Lipinski definition) is 1. The Morgan fingerprint density at radius 2 is 1.81 bits per heavy atom. The van der Waals surface area contributed by atoms with Crippen LogP contribution in [0.1, 0.15) is 44.1 Å². The molecule has 1 aromatic carbocycles. The van der Waals surface area contributed by atoms with E-state index in [4.69, 9.17) is 0 Å². The summed E-state index contributed by atoms with van der Waals surface area (Å²) < 4.78 is 27.6. The Morgan fingerprint density at radius 1 is 1.24 bits per heavy atom. The first-order valence-electron chi connectivity index (χ1n) is 7.30. The number of halogens is 2. The summed E-state index contributed by atoms with van der Waals surface area (Å²) in [6.07, 6.45) is 4.52. The third kappa shape index (κ3) is 3.59. The van der Waals surface area contributed by atoms with E-state index in [1.165, 1.54) is 18.2 Å². The molecular formula is C16H21F2NO2. The first-order chi connectivity index (χ1) is 9.94. The molecule has 0 bridgehead atoms. The summed E-state index contributed by atoms with van der Waals surface area (Å²) >= 11 is 0. The zero-order valence-corrected chi connectivity index (χ0v) is 12.2. The second-order valence-corrected chi connectivity index (χ2v) is 5.91. The van der Waals surface area contributed by atoms with E-state index in [2.05, 4.69) is 0 Å². The van der Waals surface area contributed by atoms with Crippen molar-refractivity contribution in [2.75, 3.05) is 7.05 Å². The lowest BCUT2D eigenvalue weighted by molar-refractivity contribution is -0.141. The van der Waals surface area contributed by atoms with Crippen LogP contribution in [0.2, 0.25) is 0 Å². The molecule has 1 aliphatic carbocycles. The van der Waals surface area contributed by atoms with Gasteiger partial charge in [0.25, 0.3) is 0 Å². The molecule has 5 heteroatoms. The number of carboxylic acid groups (broad SMARTS) is 1. The van der Waals surface area contributed by atoms with Gasteiger partial charge in [-0.1, -0.05) is 25.3 Å². The average Bonchev–Trinajstić information content (AvgIpc) is 2.43. The van der Waals surface area contributed by atoms with E-state index < -0.39 is 23.1 Å². The van der Waals surface area contributed by atoms with Crippen LogP contribution in [0.15, 0.2) is 18.2 Å². The fourth-order valence-electron chi connectivity index (χ4n) is 3.27. The maximum Gasteiger partial charge on any atom is 0.305 e. The lowest BCUT2D eigenvalue weighted by atomic mass is 9.78.